The molecule has 2 aromatic carbocycles. The normalized spacial score (nSPS) is 12.3. The minimum Gasteiger partial charge on any atom is -0.486 e. The summed E-state index contributed by atoms with van der Waals surface area (Å²) in [5.41, 5.74) is 3.64. The van der Waals surface area contributed by atoms with E-state index in [1.807, 2.05) is 32.0 Å². The molecule has 1 aromatic heterocycles. The van der Waals surface area contributed by atoms with Crippen LogP contribution in [0.25, 0.3) is 5.69 Å². The molecule has 9 nitrogen and oxygen atoms in total. The number of para-hydroxylation sites is 1. The number of fused-ring (bicyclic) bond motifs is 1. The highest BCUT2D eigenvalue weighted by atomic mass is 32.2. The van der Waals surface area contributed by atoms with Crippen LogP contribution in [0.1, 0.15) is 17.5 Å². The third-order valence-electron chi connectivity index (χ3n) is 5.00. The molecular weight excluding hydrogens is 428 g/mol. The Morgan fingerprint density at radius 1 is 1.19 bits per heavy atom. The van der Waals surface area contributed by atoms with Crippen LogP contribution in [-0.2, 0) is 4.79 Å². The average molecular weight is 451 g/mol. The van der Waals surface area contributed by atoms with Crippen molar-refractivity contribution in [3.05, 3.63) is 47.5 Å². The van der Waals surface area contributed by atoms with Crippen molar-refractivity contribution in [2.75, 3.05) is 30.4 Å². The van der Waals surface area contributed by atoms with E-state index in [-0.39, 0.29) is 24.6 Å². The summed E-state index contributed by atoms with van der Waals surface area (Å²) in [6.07, 6.45) is 0.213. The molecule has 0 atom stereocenters. The number of hydrogen-bond donors (Lipinski definition) is 0. The van der Waals surface area contributed by atoms with Gasteiger partial charge in [0.1, 0.15) is 13.2 Å². The van der Waals surface area contributed by atoms with Crippen LogP contribution in [0, 0.1) is 25.2 Å². The van der Waals surface area contributed by atoms with Crippen LogP contribution in [0.2, 0.25) is 0 Å². The van der Waals surface area contributed by atoms with Crippen LogP contribution in [0.15, 0.2) is 41.6 Å². The van der Waals surface area contributed by atoms with E-state index in [2.05, 4.69) is 21.6 Å². The van der Waals surface area contributed by atoms with Gasteiger partial charge in [-0.25, -0.2) is 0 Å². The second-order valence-corrected chi connectivity index (χ2v) is 8.13. The van der Waals surface area contributed by atoms with E-state index in [9.17, 15) is 4.79 Å². The van der Waals surface area contributed by atoms with E-state index < -0.39 is 0 Å². The van der Waals surface area contributed by atoms with Crippen LogP contribution >= 0.6 is 11.8 Å². The molecule has 1 aliphatic rings. The number of nitrogens with zero attached hydrogens (tertiary/aromatic N) is 6. The SMILES string of the molecule is Cc1cccc(C)c1-n1nnnc1SCC(=O)N(CCC#N)c1ccc2c(c1)OCCO2. The van der Waals surface area contributed by atoms with Crippen LogP contribution in [0.3, 0.4) is 0 Å². The fourth-order valence-corrected chi connectivity index (χ4v) is 4.27. The Bertz CT molecular complexity index is 1150. The number of ether oxygens (including phenoxy) is 2. The topological polar surface area (TPSA) is 106 Å². The third kappa shape index (κ3) is 4.53. The summed E-state index contributed by atoms with van der Waals surface area (Å²) in [6, 6.07) is 13.4. The largest absolute Gasteiger partial charge is 0.486 e. The van der Waals surface area contributed by atoms with Crippen molar-refractivity contribution in [2.24, 2.45) is 0 Å². The number of benzene rings is 2. The van der Waals surface area contributed by atoms with E-state index in [0.717, 1.165) is 16.8 Å². The summed E-state index contributed by atoms with van der Waals surface area (Å²) in [5.74, 6) is 1.20. The molecule has 3 aromatic rings. The Labute approximate surface area is 189 Å². The van der Waals surface area contributed by atoms with Gasteiger partial charge in [0.2, 0.25) is 11.1 Å². The van der Waals surface area contributed by atoms with E-state index in [4.69, 9.17) is 14.7 Å². The molecule has 4 rings (SSSR count). The lowest BCUT2D eigenvalue weighted by Gasteiger charge is -2.24. The maximum atomic E-state index is 13.1. The molecule has 0 fully saturated rings. The summed E-state index contributed by atoms with van der Waals surface area (Å²) in [6.45, 7) is 5.22. The number of amides is 1. The second kappa shape index (κ2) is 9.70. The zero-order chi connectivity index (χ0) is 22.5. The molecule has 0 unspecified atom stereocenters. The molecule has 1 amide bonds. The summed E-state index contributed by atoms with van der Waals surface area (Å²) in [5, 5.41) is 21.6. The predicted molar refractivity (Wildman–Crippen MR) is 119 cm³/mol. The first-order valence-corrected chi connectivity index (χ1v) is 11.1. The lowest BCUT2D eigenvalue weighted by Crippen LogP contribution is -2.33. The Morgan fingerprint density at radius 3 is 2.69 bits per heavy atom. The Balaban J connectivity index is 1.53. The zero-order valence-electron chi connectivity index (χ0n) is 17.8. The van der Waals surface area contributed by atoms with Gasteiger partial charge in [-0.15, -0.1) is 5.10 Å². The molecule has 0 radical (unpaired) electrons. The first-order valence-electron chi connectivity index (χ1n) is 10.1. The first-order chi connectivity index (χ1) is 15.6. The third-order valence-corrected chi connectivity index (χ3v) is 5.91. The van der Waals surface area contributed by atoms with Crippen LogP contribution < -0.4 is 14.4 Å². The Kier molecular flexibility index (Phi) is 6.56. The molecule has 0 spiro atoms. The van der Waals surface area contributed by atoms with E-state index in [0.29, 0.717) is 35.6 Å². The highest BCUT2D eigenvalue weighted by Gasteiger charge is 2.21. The van der Waals surface area contributed by atoms with Crippen molar-refractivity contribution in [3.63, 3.8) is 0 Å². The Hall–Kier alpha value is -3.58. The summed E-state index contributed by atoms with van der Waals surface area (Å²) >= 11 is 1.26. The number of thioether (sulfide) groups is 1. The van der Waals surface area contributed by atoms with E-state index >= 15 is 0 Å². The van der Waals surface area contributed by atoms with Gasteiger partial charge >= 0.3 is 0 Å². The molecule has 10 heteroatoms. The monoisotopic (exact) mass is 450 g/mol. The van der Waals surface area contributed by atoms with Gasteiger partial charge in [0.15, 0.2) is 11.5 Å². The maximum Gasteiger partial charge on any atom is 0.237 e. The summed E-state index contributed by atoms with van der Waals surface area (Å²) in [7, 11) is 0. The number of rotatable bonds is 7. The van der Waals surface area contributed by atoms with Crippen molar-refractivity contribution < 1.29 is 14.3 Å². The van der Waals surface area contributed by atoms with Crippen LogP contribution in [0.4, 0.5) is 5.69 Å². The first kappa shape index (κ1) is 21.6. The lowest BCUT2D eigenvalue weighted by molar-refractivity contribution is -0.116. The quantitative estimate of drug-likeness (QED) is 0.506. The van der Waals surface area contributed by atoms with Crippen LogP contribution in [-0.4, -0.2) is 51.6 Å². The molecule has 164 valence electrons. The molecule has 0 saturated carbocycles. The van der Waals surface area contributed by atoms with Gasteiger partial charge in [-0.2, -0.15) is 9.94 Å². The number of hydrogen-bond acceptors (Lipinski definition) is 8. The zero-order valence-corrected chi connectivity index (χ0v) is 18.6. The number of aryl methyl sites for hydroxylation is 2. The van der Waals surface area contributed by atoms with Crippen molar-refractivity contribution >= 4 is 23.4 Å². The molecule has 0 bridgehead atoms. The highest BCUT2D eigenvalue weighted by Crippen LogP contribution is 2.34. The fourth-order valence-electron chi connectivity index (χ4n) is 3.51. The van der Waals surface area contributed by atoms with Gasteiger partial charge in [0.05, 0.1) is 23.9 Å². The van der Waals surface area contributed by atoms with Crippen molar-refractivity contribution in [1.82, 2.24) is 20.2 Å². The van der Waals surface area contributed by atoms with Crippen molar-refractivity contribution in [3.8, 4) is 23.3 Å². The summed E-state index contributed by atoms with van der Waals surface area (Å²) in [4.78, 5) is 14.7. The number of anilines is 1. The molecule has 0 saturated heterocycles. The van der Waals surface area contributed by atoms with Gasteiger partial charge in [0.25, 0.3) is 0 Å². The Morgan fingerprint density at radius 2 is 1.94 bits per heavy atom. The number of aromatic nitrogens is 4. The van der Waals surface area contributed by atoms with Gasteiger partial charge in [-0.1, -0.05) is 30.0 Å². The highest BCUT2D eigenvalue weighted by molar-refractivity contribution is 7.99. The van der Waals surface area contributed by atoms with Crippen LogP contribution in [0.5, 0.6) is 11.5 Å². The number of tetrazole rings is 1. The molecule has 0 N–H and O–H groups in total. The van der Waals surface area contributed by atoms with E-state index in [1.54, 1.807) is 27.8 Å². The minimum atomic E-state index is -0.155. The maximum absolute atomic E-state index is 13.1. The molecular formula is C22H22N6O3S. The van der Waals surface area contributed by atoms with Gasteiger partial charge < -0.3 is 14.4 Å². The average Bonchev–Trinajstić information content (AvgIpc) is 3.26. The van der Waals surface area contributed by atoms with Gasteiger partial charge in [-0.05, 0) is 47.5 Å². The van der Waals surface area contributed by atoms with Crippen molar-refractivity contribution in [2.45, 2.75) is 25.4 Å². The molecule has 0 aliphatic carbocycles. The van der Waals surface area contributed by atoms with Gasteiger partial charge in [-0.3, -0.25) is 4.79 Å². The number of nitriles is 1. The standard InChI is InChI=1S/C22H22N6O3S/c1-15-5-3-6-16(2)21(15)28-22(24-25-26-28)32-14-20(29)27(10-4-9-23)17-7-8-18-19(13-17)31-12-11-30-18/h3,5-8,13H,4,10-12,14H2,1-2H3. The fraction of sp³-hybridized carbons (Fsp3) is 0.318. The molecule has 32 heavy (non-hydrogen) atoms. The smallest absolute Gasteiger partial charge is 0.237 e. The lowest BCUT2D eigenvalue weighted by atomic mass is 10.1. The summed E-state index contributed by atoms with van der Waals surface area (Å²) < 4.78 is 12.9. The predicted octanol–water partition coefficient (Wildman–Crippen LogP) is 3.09. The minimum absolute atomic E-state index is 0.116. The second-order valence-electron chi connectivity index (χ2n) is 7.18. The van der Waals surface area contributed by atoms with E-state index in [1.165, 1.54) is 11.8 Å². The molecule has 1 aliphatic heterocycles. The van der Waals surface area contributed by atoms with Gasteiger partial charge in [0, 0.05) is 18.3 Å². The molecule has 2 heterocycles. The number of carbonyl (C=O) groups is 1. The number of carbonyl (C=O) groups excluding carboxylic acids is 1. The van der Waals surface area contributed by atoms with Crippen molar-refractivity contribution in [1.29, 1.82) is 5.26 Å².